The fraction of sp³-hybridized carbons (Fsp3) is 0.333. The van der Waals surface area contributed by atoms with Gasteiger partial charge in [-0.3, -0.25) is 0 Å². The Kier molecular flexibility index (Phi) is 5.24. The summed E-state index contributed by atoms with van der Waals surface area (Å²) in [5.41, 5.74) is 8.80. The fourth-order valence-electron chi connectivity index (χ4n) is 3.28. The summed E-state index contributed by atoms with van der Waals surface area (Å²) in [6, 6.07) is 13.8. The topological polar surface area (TPSA) is 77.4 Å². The molecule has 146 valence electrons. The van der Waals surface area contributed by atoms with Crippen LogP contribution in [0.1, 0.15) is 20.3 Å². The van der Waals surface area contributed by atoms with Crippen LogP contribution in [-0.4, -0.2) is 35.4 Å². The van der Waals surface area contributed by atoms with E-state index in [1.807, 2.05) is 38.1 Å². The van der Waals surface area contributed by atoms with Gasteiger partial charge in [-0.1, -0.05) is 16.8 Å². The highest BCUT2D eigenvalue weighted by Gasteiger charge is 2.19. The molecule has 3 aromatic rings. The Morgan fingerprint density at radius 2 is 1.93 bits per heavy atom. The van der Waals surface area contributed by atoms with E-state index in [1.165, 1.54) is 0 Å². The van der Waals surface area contributed by atoms with Crippen molar-refractivity contribution < 1.29 is 9.26 Å². The summed E-state index contributed by atoms with van der Waals surface area (Å²) in [5, 5.41) is 4.61. The van der Waals surface area contributed by atoms with Gasteiger partial charge < -0.3 is 19.9 Å². The van der Waals surface area contributed by atoms with Crippen molar-refractivity contribution in [3.05, 3.63) is 47.5 Å². The van der Waals surface area contributed by atoms with Crippen molar-refractivity contribution in [3.8, 4) is 28.6 Å². The highest BCUT2D eigenvalue weighted by Crippen LogP contribution is 2.31. The third-order valence-electron chi connectivity index (χ3n) is 4.68. The molecule has 1 saturated heterocycles. The lowest BCUT2D eigenvalue weighted by Crippen LogP contribution is -2.26. The molecule has 28 heavy (non-hydrogen) atoms. The Hall–Kier alpha value is -2.57. The first-order valence-corrected chi connectivity index (χ1v) is 9.78. The lowest BCUT2D eigenvalue weighted by Gasteiger charge is -2.17. The van der Waals surface area contributed by atoms with Gasteiger partial charge >= 0.3 is 0 Å². The minimum absolute atomic E-state index is 0.0550. The van der Waals surface area contributed by atoms with Crippen LogP contribution in [0.3, 0.4) is 0 Å². The molecule has 1 fully saturated rings. The highest BCUT2D eigenvalue weighted by molar-refractivity contribution is 6.32. The first kappa shape index (κ1) is 18.8. The molecular formula is C21H23ClN4O2. The predicted molar refractivity (Wildman–Crippen MR) is 111 cm³/mol. The van der Waals surface area contributed by atoms with Crippen molar-refractivity contribution in [2.45, 2.75) is 32.4 Å². The molecule has 1 aliphatic heterocycles. The van der Waals surface area contributed by atoms with Gasteiger partial charge in [0, 0.05) is 35.9 Å². The summed E-state index contributed by atoms with van der Waals surface area (Å²) in [7, 11) is 0. The molecule has 0 radical (unpaired) electrons. The van der Waals surface area contributed by atoms with Crippen LogP contribution >= 0.6 is 11.6 Å². The summed E-state index contributed by atoms with van der Waals surface area (Å²) >= 11 is 6.31. The van der Waals surface area contributed by atoms with Crippen LogP contribution in [0, 0.1) is 0 Å². The Balaban J connectivity index is 1.52. The Morgan fingerprint density at radius 3 is 2.57 bits per heavy atom. The molecule has 2 N–H and O–H groups in total. The molecule has 1 aromatic heterocycles. The lowest BCUT2D eigenvalue weighted by molar-refractivity contribution is 0.242. The van der Waals surface area contributed by atoms with E-state index in [4.69, 9.17) is 26.6 Å². The summed E-state index contributed by atoms with van der Waals surface area (Å²) in [4.78, 5) is 6.80. The smallest absolute Gasteiger partial charge is 0.258 e. The van der Waals surface area contributed by atoms with Crippen molar-refractivity contribution >= 4 is 17.3 Å². The Labute approximate surface area is 169 Å². The zero-order chi connectivity index (χ0) is 19.7. The molecule has 2 aromatic carbocycles. The predicted octanol–water partition coefficient (Wildman–Crippen LogP) is 4.38. The molecule has 1 aliphatic rings. The summed E-state index contributed by atoms with van der Waals surface area (Å²) < 4.78 is 11.1. The van der Waals surface area contributed by atoms with Crippen LogP contribution in [-0.2, 0) is 0 Å². The number of aromatic nitrogens is 2. The zero-order valence-corrected chi connectivity index (χ0v) is 16.7. The van der Waals surface area contributed by atoms with Crippen LogP contribution in [0.4, 0.5) is 5.69 Å². The molecule has 0 bridgehead atoms. The van der Waals surface area contributed by atoms with Gasteiger partial charge in [-0.05, 0) is 62.7 Å². The number of rotatable bonds is 5. The molecule has 1 atom stereocenters. The Morgan fingerprint density at radius 1 is 1.18 bits per heavy atom. The molecule has 0 spiro atoms. The number of hydrogen-bond acceptors (Lipinski definition) is 6. The number of nitrogens with two attached hydrogens (primary N) is 1. The minimum atomic E-state index is 0.0550. The number of nitrogens with zero attached hydrogens (tertiary/aromatic N) is 3. The Bertz CT molecular complexity index is 955. The van der Waals surface area contributed by atoms with Crippen molar-refractivity contribution in [1.82, 2.24) is 10.1 Å². The van der Waals surface area contributed by atoms with Crippen LogP contribution in [0.25, 0.3) is 22.8 Å². The second kappa shape index (κ2) is 7.81. The molecule has 2 heterocycles. The summed E-state index contributed by atoms with van der Waals surface area (Å²) in [6.07, 6.45) is 1.08. The molecule has 0 aliphatic carbocycles. The summed E-state index contributed by atoms with van der Waals surface area (Å²) in [5.74, 6) is 1.60. The maximum Gasteiger partial charge on any atom is 0.258 e. The maximum atomic E-state index is 6.31. The second-order valence-corrected chi connectivity index (χ2v) is 7.68. The molecule has 4 rings (SSSR count). The third kappa shape index (κ3) is 3.98. The highest BCUT2D eigenvalue weighted by atomic mass is 35.5. The van der Waals surface area contributed by atoms with E-state index in [2.05, 4.69) is 27.2 Å². The van der Waals surface area contributed by atoms with Gasteiger partial charge in [0.2, 0.25) is 5.82 Å². The SMILES string of the molecule is CC(C)Oc1ccc(-c2noc(-c3ccc(N4CC[C@@H](N)C4)cc3)n2)cc1Cl. The van der Waals surface area contributed by atoms with E-state index >= 15 is 0 Å². The van der Waals surface area contributed by atoms with Gasteiger partial charge in [0.1, 0.15) is 5.75 Å². The number of ether oxygens (including phenoxy) is 1. The standard InChI is InChI=1S/C21H23ClN4O2/c1-13(2)27-19-8-5-15(11-18(19)22)20-24-21(28-25-20)14-3-6-17(7-4-14)26-10-9-16(23)12-26/h3-8,11,13,16H,9-10,12,23H2,1-2H3/t16-/m1/s1. The average Bonchev–Trinajstić information content (AvgIpc) is 3.33. The molecule has 0 amide bonds. The van der Waals surface area contributed by atoms with Crippen molar-refractivity contribution in [1.29, 1.82) is 0 Å². The van der Waals surface area contributed by atoms with E-state index in [0.29, 0.717) is 22.5 Å². The maximum absolute atomic E-state index is 6.31. The van der Waals surface area contributed by atoms with Crippen LogP contribution in [0.2, 0.25) is 5.02 Å². The van der Waals surface area contributed by atoms with Crippen molar-refractivity contribution in [2.24, 2.45) is 5.73 Å². The van der Waals surface area contributed by atoms with Crippen LogP contribution in [0.15, 0.2) is 47.0 Å². The van der Waals surface area contributed by atoms with E-state index in [9.17, 15) is 0 Å². The monoisotopic (exact) mass is 398 g/mol. The molecule has 0 saturated carbocycles. The van der Waals surface area contributed by atoms with E-state index in [-0.39, 0.29) is 12.1 Å². The largest absolute Gasteiger partial charge is 0.489 e. The van der Waals surface area contributed by atoms with Crippen LogP contribution in [0.5, 0.6) is 5.75 Å². The van der Waals surface area contributed by atoms with Gasteiger partial charge in [0.05, 0.1) is 11.1 Å². The van der Waals surface area contributed by atoms with E-state index in [0.717, 1.165) is 36.3 Å². The normalized spacial score (nSPS) is 16.8. The lowest BCUT2D eigenvalue weighted by atomic mass is 10.2. The zero-order valence-electron chi connectivity index (χ0n) is 15.9. The average molecular weight is 399 g/mol. The van der Waals surface area contributed by atoms with E-state index < -0.39 is 0 Å². The molecule has 0 unspecified atom stereocenters. The van der Waals surface area contributed by atoms with Gasteiger partial charge in [-0.25, -0.2) is 0 Å². The third-order valence-corrected chi connectivity index (χ3v) is 4.98. The first-order valence-electron chi connectivity index (χ1n) is 9.41. The molecular weight excluding hydrogens is 376 g/mol. The number of hydrogen-bond donors (Lipinski definition) is 1. The van der Waals surface area contributed by atoms with Crippen molar-refractivity contribution in [2.75, 3.05) is 18.0 Å². The van der Waals surface area contributed by atoms with Gasteiger partial charge in [-0.2, -0.15) is 4.98 Å². The van der Waals surface area contributed by atoms with Crippen LogP contribution < -0.4 is 15.4 Å². The second-order valence-electron chi connectivity index (χ2n) is 7.28. The number of halogens is 1. The fourth-order valence-corrected chi connectivity index (χ4v) is 3.51. The molecule has 6 nitrogen and oxygen atoms in total. The quantitative estimate of drug-likeness (QED) is 0.687. The van der Waals surface area contributed by atoms with E-state index in [1.54, 1.807) is 6.07 Å². The van der Waals surface area contributed by atoms with Crippen molar-refractivity contribution in [3.63, 3.8) is 0 Å². The van der Waals surface area contributed by atoms with Gasteiger partial charge in [0.25, 0.3) is 5.89 Å². The van der Waals surface area contributed by atoms with Gasteiger partial charge in [0.15, 0.2) is 0 Å². The number of anilines is 1. The summed E-state index contributed by atoms with van der Waals surface area (Å²) in [6.45, 7) is 5.79. The van der Waals surface area contributed by atoms with Gasteiger partial charge in [-0.15, -0.1) is 0 Å². The first-order chi connectivity index (χ1) is 13.5. The molecule has 7 heteroatoms. The minimum Gasteiger partial charge on any atom is -0.489 e. The number of benzene rings is 2.